The van der Waals surface area contributed by atoms with Crippen molar-refractivity contribution in [2.75, 3.05) is 26.3 Å². The zero-order chi connectivity index (χ0) is 19.2. The molecule has 0 aliphatic carbocycles. The molecule has 2 saturated heterocycles. The molecule has 0 spiro atoms. The Labute approximate surface area is 167 Å². The minimum absolute atomic E-state index is 0.192. The van der Waals surface area contributed by atoms with Gasteiger partial charge in [-0.25, -0.2) is 4.98 Å². The first-order valence-electron chi connectivity index (χ1n) is 10.4. The van der Waals surface area contributed by atoms with Crippen molar-refractivity contribution in [3.05, 3.63) is 54.6 Å². The Morgan fingerprint density at radius 1 is 1.07 bits per heavy atom. The normalized spacial score (nSPS) is 19.2. The number of likely N-dealkylation sites (tertiary alicyclic amines) is 1. The molecule has 2 fully saturated rings. The number of piperidine rings is 1. The van der Waals surface area contributed by atoms with E-state index >= 15 is 0 Å². The lowest BCUT2D eigenvalue weighted by atomic mass is 9.97. The van der Waals surface area contributed by atoms with Crippen LogP contribution in [-0.2, 0) is 22.6 Å². The molecule has 2 aromatic rings. The first-order valence-corrected chi connectivity index (χ1v) is 10.4. The monoisotopic (exact) mass is 382 g/mol. The van der Waals surface area contributed by atoms with Gasteiger partial charge in [-0.2, -0.15) is 0 Å². The molecule has 4 rings (SSSR count). The summed E-state index contributed by atoms with van der Waals surface area (Å²) in [6.45, 7) is 4.77. The van der Waals surface area contributed by atoms with Gasteiger partial charge in [0, 0.05) is 57.3 Å². The van der Waals surface area contributed by atoms with Crippen LogP contribution < -0.4 is 0 Å². The van der Waals surface area contributed by atoms with Crippen LogP contribution in [0.5, 0.6) is 0 Å². The second kappa shape index (κ2) is 9.34. The number of benzene rings is 1. The van der Waals surface area contributed by atoms with Crippen LogP contribution in [0.4, 0.5) is 0 Å². The Morgan fingerprint density at radius 3 is 2.46 bits per heavy atom. The molecule has 2 aliphatic rings. The van der Waals surface area contributed by atoms with Crippen molar-refractivity contribution >= 4 is 5.91 Å². The number of imidazole rings is 1. The molecule has 1 aromatic carbocycles. The molecular formula is C22H30N4O2. The molecule has 0 radical (unpaired) electrons. The number of aromatic nitrogens is 2. The van der Waals surface area contributed by atoms with Gasteiger partial charge >= 0.3 is 0 Å². The maximum Gasteiger partial charge on any atom is 0.242 e. The van der Waals surface area contributed by atoms with E-state index in [0.717, 1.165) is 58.5 Å². The summed E-state index contributed by atoms with van der Waals surface area (Å²) in [5, 5.41) is 0. The summed E-state index contributed by atoms with van der Waals surface area (Å²) in [7, 11) is 0. The third kappa shape index (κ3) is 4.80. The number of rotatable bonds is 6. The summed E-state index contributed by atoms with van der Waals surface area (Å²) < 4.78 is 7.44. The van der Waals surface area contributed by atoms with Crippen LogP contribution in [0.1, 0.15) is 31.2 Å². The van der Waals surface area contributed by atoms with Gasteiger partial charge in [-0.1, -0.05) is 30.3 Å². The maximum atomic E-state index is 12.6. The standard InChI is InChI=1S/C22H30N4O2/c27-22(17-24-13-10-23-18-24)25-11-6-20(7-12-25)26(21-8-14-28-15-9-21)16-19-4-2-1-3-5-19/h1-5,10,13,18,20-21H,6-9,11-12,14-17H2. The summed E-state index contributed by atoms with van der Waals surface area (Å²) in [5.41, 5.74) is 1.37. The zero-order valence-corrected chi connectivity index (χ0v) is 16.4. The van der Waals surface area contributed by atoms with E-state index in [1.54, 1.807) is 12.5 Å². The van der Waals surface area contributed by atoms with Gasteiger partial charge in [-0.15, -0.1) is 0 Å². The number of carbonyl (C=O) groups excluding carboxylic acids is 1. The molecule has 0 unspecified atom stereocenters. The van der Waals surface area contributed by atoms with Crippen LogP contribution in [0.2, 0.25) is 0 Å². The smallest absolute Gasteiger partial charge is 0.242 e. The fourth-order valence-electron chi connectivity index (χ4n) is 4.45. The van der Waals surface area contributed by atoms with Gasteiger partial charge in [0.2, 0.25) is 5.91 Å². The van der Waals surface area contributed by atoms with Crippen molar-refractivity contribution < 1.29 is 9.53 Å². The van der Waals surface area contributed by atoms with E-state index < -0.39 is 0 Å². The van der Waals surface area contributed by atoms with Gasteiger partial charge in [0.15, 0.2) is 0 Å². The number of nitrogens with zero attached hydrogens (tertiary/aromatic N) is 4. The van der Waals surface area contributed by atoms with Gasteiger partial charge in [0.25, 0.3) is 0 Å². The molecule has 6 heteroatoms. The van der Waals surface area contributed by atoms with Crippen molar-refractivity contribution in [3.8, 4) is 0 Å². The Hall–Kier alpha value is -2.18. The fraction of sp³-hybridized carbons (Fsp3) is 0.545. The zero-order valence-electron chi connectivity index (χ0n) is 16.4. The van der Waals surface area contributed by atoms with E-state index in [-0.39, 0.29) is 5.91 Å². The molecule has 6 nitrogen and oxygen atoms in total. The van der Waals surface area contributed by atoms with Crippen molar-refractivity contribution in [3.63, 3.8) is 0 Å². The van der Waals surface area contributed by atoms with Crippen LogP contribution in [0.15, 0.2) is 49.1 Å². The van der Waals surface area contributed by atoms with E-state index in [1.165, 1.54) is 5.56 Å². The van der Waals surface area contributed by atoms with Gasteiger partial charge in [-0.05, 0) is 31.2 Å². The lowest BCUT2D eigenvalue weighted by Gasteiger charge is -2.43. The van der Waals surface area contributed by atoms with E-state index in [2.05, 4.69) is 40.2 Å². The first-order chi connectivity index (χ1) is 13.8. The third-order valence-corrected chi connectivity index (χ3v) is 6.03. The van der Waals surface area contributed by atoms with Crippen molar-refractivity contribution in [1.82, 2.24) is 19.4 Å². The van der Waals surface area contributed by atoms with Gasteiger partial charge in [0.1, 0.15) is 6.54 Å². The summed E-state index contributed by atoms with van der Waals surface area (Å²) in [6, 6.07) is 11.9. The summed E-state index contributed by atoms with van der Waals surface area (Å²) in [6.07, 6.45) is 9.56. The molecule has 2 aliphatic heterocycles. The largest absolute Gasteiger partial charge is 0.381 e. The Kier molecular flexibility index (Phi) is 6.39. The van der Waals surface area contributed by atoms with Crippen LogP contribution in [0.25, 0.3) is 0 Å². The number of amides is 1. The molecule has 0 N–H and O–H groups in total. The molecular weight excluding hydrogens is 352 g/mol. The molecule has 150 valence electrons. The lowest BCUT2D eigenvalue weighted by Crippen LogP contribution is -2.51. The fourth-order valence-corrected chi connectivity index (χ4v) is 4.45. The minimum Gasteiger partial charge on any atom is -0.381 e. The highest BCUT2D eigenvalue weighted by Gasteiger charge is 2.31. The third-order valence-electron chi connectivity index (χ3n) is 6.03. The Bertz CT molecular complexity index is 720. The number of carbonyl (C=O) groups is 1. The van der Waals surface area contributed by atoms with Crippen molar-refractivity contribution in [2.45, 2.75) is 50.9 Å². The molecule has 1 amide bonds. The van der Waals surface area contributed by atoms with Crippen molar-refractivity contribution in [2.24, 2.45) is 0 Å². The molecule has 0 bridgehead atoms. The van der Waals surface area contributed by atoms with E-state index in [0.29, 0.717) is 18.6 Å². The first kappa shape index (κ1) is 19.2. The number of ether oxygens (including phenoxy) is 1. The number of hydrogen-bond donors (Lipinski definition) is 0. The average molecular weight is 383 g/mol. The molecule has 28 heavy (non-hydrogen) atoms. The molecule has 3 heterocycles. The predicted octanol–water partition coefficient (Wildman–Crippen LogP) is 2.56. The highest BCUT2D eigenvalue weighted by atomic mass is 16.5. The van der Waals surface area contributed by atoms with Gasteiger partial charge < -0.3 is 14.2 Å². The van der Waals surface area contributed by atoms with Crippen LogP contribution in [-0.4, -0.2) is 63.6 Å². The minimum atomic E-state index is 0.192. The second-order valence-corrected chi connectivity index (χ2v) is 7.85. The van der Waals surface area contributed by atoms with E-state index in [9.17, 15) is 4.79 Å². The Morgan fingerprint density at radius 2 is 1.79 bits per heavy atom. The topological polar surface area (TPSA) is 50.6 Å². The summed E-state index contributed by atoms with van der Waals surface area (Å²) in [5.74, 6) is 0.192. The molecule has 0 saturated carbocycles. The molecule has 1 aromatic heterocycles. The Balaban J connectivity index is 1.37. The van der Waals surface area contributed by atoms with Gasteiger partial charge in [0.05, 0.1) is 6.33 Å². The van der Waals surface area contributed by atoms with Crippen LogP contribution in [0, 0.1) is 0 Å². The highest BCUT2D eigenvalue weighted by molar-refractivity contribution is 5.76. The quantitative estimate of drug-likeness (QED) is 0.771. The van der Waals surface area contributed by atoms with E-state index in [1.807, 2.05) is 15.7 Å². The SMILES string of the molecule is O=C(Cn1ccnc1)N1CCC(N(Cc2ccccc2)C2CCOCC2)CC1. The summed E-state index contributed by atoms with van der Waals surface area (Å²) >= 11 is 0. The maximum absolute atomic E-state index is 12.6. The van der Waals surface area contributed by atoms with Crippen LogP contribution >= 0.6 is 0 Å². The van der Waals surface area contributed by atoms with Crippen LogP contribution in [0.3, 0.4) is 0 Å². The number of hydrogen-bond acceptors (Lipinski definition) is 4. The average Bonchev–Trinajstić information content (AvgIpc) is 3.26. The lowest BCUT2D eigenvalue weighted by molar-refractivity contribution is -0.133. The summed E-state index contributed by atoms with van der Waals surface area (Å²) in [4.78, 5) is 21.3. The van der Waals surface area contributed by atoms with Crippen molar-refractivity contribution in [1.29, 1.82) is 0 Å². The van der Waals surface area contributed by atoms with E-state index in [4.69, 9.17) is 4.74 Å². The predicted molar refractivity (Wildman–Crippen MR) is 108 cm³/mol. The van der Waals surface area contributed by atoms with Gasteiger partial charge in [-0.3, -0.25) is 9.69 Å². The second-order valence-electron chi connectivity index (χ2n) is 7.85. The molecule has 0 atom stereocenters. The highest BCUT2D eigenvalue weighted by Crippen LogP contribution is 2.26.